The molecule has 0 heterocycles. The molecular formula is C13H20N2O4. The van der Waals surface area contributed by atoms with Gasteiger partial charge in [-0.25, -0.2) is 4.79 Å². The van der Waals surface area contributed by atoms with Gasteiger partial charge in [0.05, 0.1) is 25.2 Å². The minimum atomic E-state index is -0.864. The number of urea groups is 1. The number of hydrogen-bond acceptors (Lipinski definition) is 3. The van der Waals surface area contributed by atoms with Crippen LogP contribution in [0.4, 0.5) is 4.79 Å². The molecule has 0 aromatic rings. The summed E-state index contributed by atoms with van der Waals surface area (Å²) in [6.45, 7) is 5.03. The van der Waals surface area contributed by atoms with Crippen molar-refractivity contribution in [2.75, 3.05) is 19.8 Å². The van der Waals surface area contributed by atoms with Crippen LogP contribution in [0.25, 0.3) is 0 Å². The van der Waals surface area contributed by atoms with Crippen molar-refractivity contribution < 1.29 is 19.4 Å². The first kappa shape index (κ1) is 15.2. The Morgan fingerprint density at radius 3 is 2.84 bits per heavy atom. The Morgan fingerprint density at radius 2 is 2.21 bits per heavy atom. The number of carbonyl (C=O) groups excluding carboxylic acids is 1. The largest absolute Gasteiger partial charge is 0.481 e. The molecule has 19 heavy (non-hydrogen) atoms. The van der Waals surface area contributed by atoms with Gasteiger partial charge in [0.1, 0.15) is 0 Å². The van der Waals surface area contributed by atoms with Crippen molar-refractivity contribution >= 4 is 12.0 Å². The van der Waals surface area contributed by atoms with Crippen LogP contribution >= 0.6 is 0 Å². The smallest absolute Gasteiger partial charge is 0.315 e. The van der Waals surface area contributed by atoms with Crippen LogP contribution in [0.5, 0.6) is 0 Å². The first-order valence-corrected chi connectivity index (χ1v) is 6.27. The highest BCUT2D eigenvalue weighted by Gasteiger charge is 2.25. The lowest BCUT2D eigenvalue weighted by atomic mass is 10.1. The Kier molecular flexibility index (Phi) is 6.67. The maximum Gasteiger partial charge on any atom is 0.315 e. The lowest BCUT2D eigenvalue weighted by Gasteiger charge is -2.13. The zero-order chi connectivity index (χ0) is 14.1. The highest BCUT2D eigenvalue weighted by molar-refractivity contribution is 5.76. The number of carboxylic acid groups (broad SMARTS) is 1. The normalized spacial score (nSPS) is 21.1. The number of aliphatic carboxylic acids is 1. The third-order valence-electron chi connectivity index (χ3n) is 2.72. The predicted octanol–water partition coefficient (Wildman–Crippen LogP) is 0.908. The molecule has 0 aliphatic heterocycles. The van der Waals surface area contributed by atoms with Gasteiger partial charge in [-0.15, -0.1) is 6.58 Å². The highest BCUT2D eigenvalue weighted by atomic mass is 16.5. The van der Waals surface area contributed by atoms with Crippen molar-refractivity contribution in [3.8, 4) is 0 Å². The topological polar surface area (TPSA) is 87.7 Å². The minimum absolute atomic E-state index is 0.220. The highest BCUT2D eigenvalue weighted by Crippen LogP contribution is 2.17. The molecular weight excluding hydrogens is 248 g/mol. The van der Waals surface area contributed by atoms with E-state index in [2.05, 4.69) is 17.2 Å². The second-order valence-corrected chi connectivity index (χ2v) is 4.26. The molecule has 6 nitrogen and oxygen atoms in total. The van der Waals surface area contributed by atoms with Crippen molar-refractivity contribution in [3.05, 3.63) is 24.8 Å². The van der Waals surface area contributed by atoms with Gasteiger partial charge in [-0.05, 0) is 12.8 Å². The van der Waals surface area contributed by atoms with E-state index >= 15 is 0 Å². The number of rotatable bonds is 8. The van der Waals surface area contributed by atoms with Crippen molar-refractivity contribution in [3.63, 3.8) is 0 Å². The van der Waals surface area contributed by atoms with Gasteiger partial charge in [-0.3, -0.25) is 4.79 Å². The first-order chi connectivity index (χ1) is 9.13. The Hall–Kier alpha value is -1.82. The molecule has 0 bridgehead atoms. The maximum atomic E-state index is 11.5. The summed E-state index contributed by atoms with van der Waals surface area (Å²) in [7, 11) is 0. The van der Waals surface area contributed by atoms with Crippen molar-refractivity contribution in [2.24, 2.45) is 5.92 Å². The minimum Gasteiger partial charge on any atom is -0.481 e. The summed E-state index contributed by atoms with van der Waals surface area (Å²) in [4.78, 5) is 22.2. The fourth-order valence-corrected chi connectivity index (χ4v) is 1.71. The third kappa shape index (κ3) is 6.05. The van der Waals surface area contributed by atoms with E-state index in [1.807, 2.05) is 0 Å². The summed E-state index contributed by atoms with van der Waals surface area (Å²) >= 11 is 0. The van der Waals surface area contributed by atoms with E-state index in [0.717, 1.165) is 6.42 Å². The van der Waals surface area contributed by atoms with Gasteiger partial charge in [0.15, 0.2) is 0 Å². The maximum absolute atomic E-state index is 11.5. The lowest BCUT2D eigenvalue weighted by molar-refractivity contribution is -0.140. The van der Waals surface area contributed by atoms with Gasteiger partial charge in [0.25, 0.3) is 0 Å². The summed E-state index contributed by atoms with van der Waals surface area (Å²) in [5, 5.41) is 14.1. The summed E-state index contributed by atoms with van der Waals surface area (Å²) < 4.78 is 5.24. The van der Waals surface area contributed by atoms with Crippen LogP contribution in [0.3, 0.4) is 0 Å². The molecule has 0 fully saturated rings. The van der Waals surface area contributed by atoms with E-state index in [-0.39, 0.29) is 12.1 Å². The number of carbonyl (C=O) groups is 2. The molecule has 2 atom stereocenters. The summed E-state index contributed by atoms with van der Waals surface area (Å²) in [5.74, 6) is -1.37. The van der Waals surface area contributed by atoms with Crippen LogP contribution in [-0.4, -0.2) is 42.9 Å². The van der Waals surface area contributed by atoms with Crippen molar-refractivity contribution in [2.45, 2.75) is 18.9 Å². The molecule has 2 amide bonds. The van der Waals surface area contributed by atoms with Crippen LogP contribution in [0, 0.1) is 5.92 Å². The van der Waals surface area contributed by atoms with E-state index in [4.69, 9.17) is 9.84 Å². The van der Waals surface area contributed by atoms with Gasteiger partial charge in [-0.1, -0.05) is 18.2 Å². The fourth-order valence-electron chi connectivity index (χ4n) is 1.71. The van der Waals surface area contributed by atoms with Gasteiger partial charge in [-0.2, -0.15) is 0 Å². The van der Waals surface area contributed by atoms with E-state index in [9.17, 15) is 9.59 Å². The van der Waals surface area contributed by atoms with Crippen LogP contribution in [0.15, 0.2) is 24.8 Å². The van der Waals surface area contributed by atoms with E-state index in [1.165, 1.54) is 0 Å². The average molecular weight is 268 g/mol. The summed E-state index contributed by atoms with van der Waals surface area (Å²) in [6.07, 6.45) is 6.27. The van der Waals surface area contributed by atoms with E-state index < -0.39 is 11.9 Å². The summed E-state index contributed by atoms with van der Waals surface area (Å²) in [5.41, 5.74) is 0. The molecule has 0 radical (unpaired) electrons. The number of carboxylic acids is 1. The van der Waals surface area contributed by atoms with Crippen LogP contribution in [-0.2, 0) is 9.53 Å². The fraction of sp³-hybridized carbons (Fsp3) is 0.538. The van der Waals surface area contributed by atoms with Crippen molar-refractivity contribution in [1.82, 2.24) is 10.6 Å². The number of nitrogens with one attached hydrogen (secondary N) is 2. The van der Waals surface area contributed by atoms with Crippen LogP contribution in [0.1, 0.15) is 12.8 Å². The molecule has 2 unspecified atom stereocenters. The van der Waals surface area contributed by atoms with Crippen LogP contribution < -0.4 is 10.6 Å². The Balaban J connectivity index is 2.07. The monoisotopic (exact) mass is 268 g/mol. The number of hydrogen-bond donors (Lipinski definition) is 3. The lowest BCUT2D eigenvalue weighted by Crippen LogP contribution is -2.42. The first-order valence-electron chi connectivity index (χ1n) is 6.27. The number of amides is 2. The molecule has 106 valence electrons. The molecule has 3 N–H and O–H groups in total. The van der Waals surface area contributed by atoms with Gasteiger partial charge in [0, 0.05) is 6.54 Å². The SMILES string of the molecule is C=CCCOCCNC(=O)NC1C=CC(C(=O)O)C1. The van der Waals surface area contributed by atoms with Gasteiger partial charge >= 0.3 is 12.0 Å². The Bertz CT molecular complexity index is 355. The molecule has 0 aromatic carbocycles. The molecule has 0 spiro atoms. The Labute approximate surface area is 112 Å². The average Bonchev–Trinajstić information content (AvgIpc) is 2.82. The molecule has 0 aromatic heterocycles. The zero-order valence-corrected chi connectivity index (χ0v) is 10.8. The standard InChI is InChI=1S/C13H20N2O4/c1-2-3-7-19-8-6-14-13(18)15-11-5-4-10(9-11)12(16)17/h2,4-5,10-11H,1,3,6-9H2,(H,16,17)(H2,14,15,18). The number of ether oxygens (including phenoxy) is 1. The molecule has 1 rings (SSSR count). The molecule has 6 heteroatoms. The summed E-state index contributed by atoms with van der Waals surface area (Å²) in [6, 6.07) is -0.532. The van der Waals surface area contributed by atoms with Gasteiger partial charge < -0.3 is 20.5 Å². The molecule has 0 saturated carbocycles. The molecule has 1 aliphatic rings. The zero-order valence-electron chi connectivity index (χ0n) is 10.8. The van der Waals surface area contributed by atoms with Crippen molar-refractivity contribution in [1.29, 1.82) is 0 Å². The Morgan fingerprint density at radius 1 is 1.42 bits per heavy atom. The quantitative estimate of drug-likeness (QED) is 0.451. The van der Waals surface area contributed by atoms with Gasteiger partial charge in [0.2, 0.25) is 0 Å². The van der Waals surface area contributed by atoms with E-state index in [0.29, 0.717) is 26.2 Å². The van der Waals surface area contributed by atoms with Crippen LogP contribution in [0.2, 0.25) is 0 Å². The predicted molar refractivity (Wildman–Crippen MR) is 70.8 cm³/mol. The molecule has 0 saturated heterocycles. The molecule has 1 aliphatic carbocycles. The van der Waals surface area contributed by atoms with E-state index in [1.54, 1.807) is 18.2 Å². The third-order valence-corrected chi connectivity index (χ3v) is 2.72. The second-order valence-electron chi connectivity index (χ2n) is 4.26. The second kappa shape index (κ2) is 8.31.